The maximum Gasteiger partial charge on any atom is 0.325 e. The monoisotopic (exact) mass is 353 g/mol. The summed E-state index contributed by atoms with van der Waals surface area (Å²) >= 11 is 0. The third-order valence-corrected chi connectivity index (χ3v) is 5.22. The molecule has 1 aliphatic heterocycles. The van der Waals surface area contributed by atoms with E-state index in [1.165, 1.54) is 11.1 Å². The molecule has 1 aromatic heterocycles. The van der Waals surface area contributed by atoms with Crippen molar-refractivity contribution in [2.75, 3.05) is 26.2 Å². The summed E-state index contributed by atoms with van der Waals surface area (Å²) in [7, 11) is 0. The molecule has 1 fully saturated rings. The Balaban J connectivity index is 1.71. The van der Waals surface area contributed by atoms with E-state index in [4.69, 9.17) is 0 Å². The minimum absolute atomic E-state index is 0.574. The Kier molecular flexibility index (Phi) is 6.01. The van der Waals surface area contributed by atoms with Gasteiger partial charge in [0.15, 0.2) is 0 Å². The van der Waals surface area contributed by atoms with Gasteiger partial charge in [-0.2, -0.15) is 0 Å². The SMILES string of the molecule is Cc1ccc([C@@H](C(=O)O)N2CCCN(Cc3ccncc3)CC2)cc1C. The largest absolute Gasteiger partial charge is 0.480 e. The van der Waals surface area contributed by atoms with Crippen molar-refractivity contribution in [3.05, 3.63) is 65.0 Å². The van der Waals surface area contributed by atoms with E-state index in [9.17, 15) is 9.90 Å². The number of hydrogen-bond donors (Lipinski definition) is 1. The van der Waals surface area contributed by atoms with Crippen molar-refractivity contribution in [3.8, 4) is 0 Å². The second-order valence-electron chi connectivity index (χ2n) is 7.11. The van der Waals surface area contributed by atoms with Gasteiger partial charge in [0.2, 0.25) is 0 Å². The van der Waals surface area contributed by atoms with Crippen LogP contribution in [0.3, 0.4) is 0 Å². The number of nitrogens with zero attached hydrogens (tertiary/aromatic N) is 3. The Labute approximate surface area is 155 Å². The summed E-state index contributed by atoms with van der Waals surface area (Å²) in [6.07, 6.45) is 4.61. The first kappa shape index (κ1) is 18.5. The first-order valence-electron chi connectivity index (χ1n) is 9.20. The number of aryl methyl sites for hydroxylation is 2. The Morgan fingerprint density at radius 2 is 1.85 bits per heavy atom. The normalized spacial score (nSPS) is 17.6. The van der Waals surface area contributed by atoms with Gasteiger partial charge in [0.1, 0.15) is 6.04 Å². The highest BCUT2D eigenvalue weighted by Gasteiger charge is 2.29. The molecule has 0 bridgehead atoms. The highest BCUT2D eigenvalue weighted by molar-refractivity contribution is 5.75. The van der Waals surface area contributed by atoms with Gasteiger partial charge in [-0.1, -0.05) is 18.2 Å². The predicted octanol–water partition coefficient (Wildman–Crippen LogP) is 3.03. The van der Waals surface area contributed by atoms with Gasteiger partial charge in [-0.25, -0.2) is 0 Å². The highest BCUT2D eigenvalue weighted by atomic mass is 16.4. The molecule has 0 aliphatic carbocycles. The van der Waals surface area contributed by atoms with E-state index in [2.05, 4.69) is 21.7 Å². The Hall–Kier alpha value is -2.24. The summed E-state index contributed by atoms with van der Waals surface area (Å²) in [5.74, 6) is -0.768. The zero-order chi connectivity index (χ0) is 18.5. The van der Waals surface area contributed by atoms with Crippen molar-refractivity contribution < 1.29 is 9.90 Å². The maximum atomic E-state index is 12.0. The van der Waals surface area contributed by atoms with Gasteiger partial charge in [-0.3, -0.25) is 19.6 Å². The highest BCUT2D eigenvalue weighted by Crippen LogP contribution is 2.25. The first-order valence-corrected chi connectivity index (χ1v) is 9.20. The minimum atomic E-state index is -0.768. The van der Waals surface area contributed by atoms with Crippen LogP contribution in [0.1, 0.15) is 34.7 Å². The Morgan fingerprint density at radius 1 is 1.08 bits per heavy atom. The lowest BCUT2D eigenvalue weighted by molar-refractivity contribution is -0.143. The van der Waals surface area contributed by atoms with Crippen LogP contribution in [0.4, 0.5) is 0 Å². The van der Waals surface area contributed by atoms with Crippen LogP contribution in [0, 0.1) is 13.8 Å². The van der Waals surface area contributed by atoms with Crippen molar-refractivity contribution in [2.45, 2.75) is 32.9 Å². The van der Waals surface area contributed by atoms with Gasteiger partial charge in [0, 0.05) is 38.6 Å². The summed E-state index contributed by atoms with van der Waals surface area (Å²) < 4.78 is 0. The van der Waals surface area contributed by atoms with Gasteiger partial charge in [-0.15, -0.1) is 0 Å². The standard InChI is InChI=1S/C21H27N3O2/c1-16-4-5-19(14-17(16)2)20(21(25)26)24-11-3-10-23(12-13-24)15-18-6-8-22-9-7-18/h4-9,14,20H,3,10-13,15H2,1-2H3,(H,25,26)/t20-/m0/s1. The van der Waals surface area contributed by atoms with E-state index in [-0.39, 0.29) is 0 Å². The fourth-order valence-corrected chi connectivity index (χ4v) is 3.60. The van der Waals surface area contributed by atoms with E-state index >= 15 is 0 Å². The number of aliphatic carboxylic acids is 1. The molecule has 3 rings (SSSR count). The molecule has 1 aromatic carbocycles. The van der Waals surface area contributed by atoms with Crippen molar-refractivity contribution in [3.63, 3.8) is 0 Å². The molecule has 1 N–H and O–H groups in total. The minimum Gasteiger partial charge on any atom is -0.480 e. The summed E-state index contributed by atoms with van der Waals surface area (Å²) in [6, 6.07) is 9.51. The quantitative estimate of drug-likeness (QED) is 0.895. The first-order chi connectivity index (χ1) is 12.5. The topological polar surface area (TPSA) is 56.7 Å². The van der Waals surface area contributed by atoms with Crippen molar-refractivity contribution >= 4 is 5.97 Å². The number of carboxylic acids is 1. The fraction of sp³-hybridized carbons (Fsp3) is 0.429. The van der Waals surface area contributed by atoms with Crippen LogP contribution in [0.15, 0.2) is 42.7 Å². The van der Waals surface area contributed by atoms with Gasteiger partial charge >= 0.3 is 5.97 Å². The fourth-order valence-electron chi connectivity index (χ4n) is 3.60. The summed E-state index contributed by atoms with van der Waals surface area (Å²) in [5, 5.41) is 9.87. The molecule has 0 unspecified atom stereocenters. The zero-order valence-corrected chi connectivity index (χ0v) is 15.6. The third kappa shape index (κ3) is 4.48. The van der Waals surface area contributed by atoms with Crippen LogP contribution >= 0.6 is 0 Å². The molecule has 0 spiro atoms. The predicted molar refractivity (Wildman–Crippen MR) is 102 cm³/mol. The van der Waals surface area contributed by atoms with E-state index < -0.39 is 12.0 Å². The molecule has 2 heterocycles. The Morgan fingerprint density at radius 3 is 2.54 bits per heavy atom. The molecule has 5 heteroatoms. The molecule has 0 amide bonds. The molecule has 1 aliphatic rings. The molecule has 1 atom stereocenters. The van der Waals surface area contributed by atoms with Gasteiger partial charge in [0.05, 0.1) is 0 Å². The van der Waals surface area contributed by atoms with Crippen LogP contribution in [-0.4, -0.2) is 52.0 Å². The molecule has 0 radical (unpaired) electrons. The van der Waals surface area contributed by atoms with Crippen LogP contribution < -0.4 is 0 Å². The molecule has 5 nitrogen and oxygen atoms in total. The summed E-state index contributed by atoms with van der Waals surface area (Å²) in [4.78, 5) is 20.6. The van der Waals surface area contributed by atoms with E-state index in [0.29, 0.717) is 0 Å². The summed E-state index contributed by atoms with van der Waals surface area (Å²) in [6.45, 7) is 8.40. The van der Waals surface area contributed by atoms with Crippen molar-refractivity contribution in [1.29, 1.82) is 0 Å². The maximum absolute atomic E-state index is 12.0. The average molecular weight is 353 g/mol. The number of pyridine rings is 1. The Bertz CT molecular complexity index is 748. The van der Waals surface area contributed by atoms with Gasteiger partial charge in [0.25, 0.3) is 0 Å². The third-order valence-electron chi connectivity index (χ3n) is 5.22. The lowest BCUT2D eigenvalue weighted by atomic mass is 10.00. The lowest BCUT2D eigenvalue weighted by Gasteiger charge is -2.28. The second kappa shape index (κ2) is 8.43. The van der Waals surface area contributed by atoms with Crippen LogP contribution in [0.5, 0.6) is 0 Å². The van der Waals surface area contributed by atoms with Gasteiger partial charge < -0.3 is 5.11 Å². The average Bonchev–Trinajstić information content (AvgIpc) is 2.85. The van der Waals surface area contributed by atoms with Crippen LogP contribution in [0.25, 0.3) is 0 Å². The number of benzene rings is 1. The summed E-state index contributed by atoms with van der Waals surface area (Å²) in [5.41, 5.74) is 4.46. The molecule has 138 valence electrons. The van der Waals surface area contributed by atoms with Crippen molar-refractivity contribution in [1.82, 2.24) is 14.8 Å². The van der Waals surface area contributed by atoms with Crippen LogP contribution in [0.2, 0.25) is 0 Å². The molecular weight excluding hydrogens is 326 g/mol. The number of aromatic nitrogens is 1. The van der Waals surface area contributed by atoms with Crippen LogP contribution in [-0.2, 0) is 11.3 Å². The molecule has 2 aromatic rings. The van der Waals surface area contributed by atoms with Gasteiger partial charge in [-0.05, 0) is 61.2 Å². The number of carbonyl (C=O) groups is 1. The lowest BCUT2D eigenvalue weighted by Crippen LogP contribution is -2.37. The molecule has 26 heavy (non-hydrogen) atoms. The van der Waals surface area contributed by atoms with E-state index in [1.54, 1.807) is 0 Å². The molecular formula is C21H27N3O2. The van der Waals surface area contributed by atoms with E-state index in [1.807, 2.05) is 49.6 Å². The number of carboxylic acid groups (broad SMARTS) is 1. The molecule has 0 saturated carbocycles. The number of hydrogen-bond acceptors (Lipinski definition) is 4. The van der Waals surface area contributed by atoms with E-state index in [0.717, 1.165) is 50.3 Å². The second-order valence-corrected chi connectivity index (χ2v) is 7.11. The zero-order valence-electron chi connectivity index (χ0n) is 15.6. The molecule has 1 saturated heterocycles. The van der Waals surface area contributed by atoms with Crippen molar-refractivity contribution in [2.24, 2.45) is 0 Å². The number of rotatable bonds is 5. The smallest absolute Gasteiger partial charge is 0.325 e.